The molecule has 0 radical (unpaired) electrons. The standard InChI is InChI=1S/C41H46Cl2N6O4/c1-24-19-31(20-25(2)37(24)43)53-18-7-9-32-33-10-11-34(42)36(35-26(3)44-46(6)27(35)4)38(33)49-13-8-12-48(40(50)39(32)49)30-22-28(41(51)52)21-29(23-30)47-16-14-45(5)15-17-47/h10-11,19-23H,7-9,12-18H2,1-6H3,(H,51,52). The normalized spacial score (nSPS) is 15.3. The second kappa shape index (κ2) is 14.7. The van der Waals surface area contributed by atoms with Gasteiger partial charge in [0, 0.05) is 84.9 Å². The number of benzene rings is 3. The minimum Gasteiger partial charge on any atom is -0.494 e. The topological polar surface area (TPSA) is 96.1 Å². The number of likely N-dealkylation sites (N-methyl/N-ethyl adjacent to an activating group) is 1. The SMILES string of the molecule is Cc1cc(OCCCc2c3n(c4c(-c5c(C)nn(C)c5C)c(Cl)ccc24)CCCN(c2cc(C(=O)O)cc(N4CCN(C)CC4)c2)C3=O)cc(C)c1Cl. The van der Waals surface area contributed by atoms with E-state index < -0.39 is 5.97 Å². The van der Waals surface area contributed by atoms with Crippen LogP contribution in [0.3, 0.4) is 0 Å². The molecular weight excluding hydrogens is 711 g/mol. The quantitative estimate of drug-likeness (QED) is 0.152. The van der Waals surface area contributed by atoms with Gasteiger partial charge in [0.2, 0.25) is 0 Å². The molecule has 12 heteroatoms. The van der Waals surface area contributed by atoms with E-state index in [9.17, 15) is 9.90 Å². The number of aromatic carboxylic acids is 1. The molecule has 2 aliphatic rings. The molecule has 0 aliphatic carbocycles. The van der Waals surface area contributed by atoms with Crippen LogP contribution in [0.5, 0.6) is 5.75 Å². The zero-order valence-electron chi connectivity index (χ0n) is 31.2. The maximum atomic E-state index is 15.1. The van der Waals surface area contributed by atoms with Crippen LogP contribution in [0.2, 0.25) is 10.0 Å². The van der Waals surface area contributed by atoms with Crippen LogP contribution in [0.1, 0.15) is 61.8 Å². The lowest BCUT2D eigenvalue weighted by atomic mass is 9.98. The summed E-state index contributed by atoms with van der Waals surface area (Å²) in [6, 6.07) is 13.2. The summed E-state index contributed by atoms with van der Waals surface area (Å²) in [6.45, 7) is 12.7. The van der Waals surface area contributed by atoms with Gasteiger partial charge < -0.3 is 29.1 Å². The summed E-state index contributed by atoms with van der Waals surface area (Å²) in [5, 5.41) is 17.2. The fraction of sp³-hybridized carbons (Fsp3) is 0.390. The summed E-state index contributed by atoms with van der Waals surface area (Å²) >= 11 is 13.5. The van der Waals surface area contributed by atoms with E-state index in [1.165, 1.54) is 0 Å². The van der Waals surface area contributed by atoms with Crippen LogP contribution < -0.4 is 14.5 Å². The van der Waals surface area contributed by atoms with E-state index in [4.69, 9.17) is 33.0 Å². The van der Waals surface area contributed by atoms with Crippen molar-refractivity contribution >= 4 is 57.4 Å². The van der Waals surface area contributed by atoms with Crippen LogP contribution in [0.25, 0.3) is 22.0 Å². The highest BCUT2D eigenvalue weighted by atomic mass is 35.5. The molecule has 53 heavy (non-hydrogen) atoms. The number of halogens is 2. The first kappa shape index (κ1) is 36.8. The summed E-state index contributed by atoms with van der Waals surface area (Å²) in [7, 11) is 4.01. The van der Waals surface area contributed by atoms with Gasteiger partial charge in [0.15, 0.2) is 0 Å². The summed E-state index contributed by atoms with van der Waals surface area (Å²) in [6.07, 6.45) is 1.90. The molecule has 7 rings (SSSR count). The number of aromatic nitrogens is 3. The summed E-state index contributed by atoms with van der Waals surface area (Å²) < 4.78 is 10.2. The average molecular weight is 758 g/mol. The molecule has 0 saturated carbocycles. The Morgan fingerprint density at radius 3 is 2.25 bits per heavy atom. The predicted molar refractivity (Wildman–Crippen MR) is 213 cm³/mol. The van der Waals surface area contributed by atoms with Crippen LogP contribution in [0.15, 0.2) is 42.5 Å². The van der Waals surface area contributed by atoms with E-state index in [-0.39, 0.29) is 11.5 Å². The monoisotopic (exact) mass is 756 g/mol. The van der Waals surface area contributed by atoms with Crippen molar-refractivity contribution in [1.29, 1.82) is 0 Å². The van der Waals surface area contributed by atoms with Gasteiger partial charge in [-0.1, -0.05) is 29.3 Å². The first-order chi connectivity index (χ1) is 25.3. The molecule has 1 saturated heterocycles. The fourth-order valence-electron chi connectivity index (χ4n) is 8.00. The number of carboxylic acid groups (broad SMARTS) is 1. The second-order valence-corrected chi connectivity index (χ2v) is 15.2. The zero-order valence-corrected chi connectivity index (χ0v) is 32.7. The Bertz CT molecular complexity index is 2230. The number of aryl methyl sites for hydroxylation is 6. The number of hydrogen-bond acceptors (Lipinski definition) is 6. The van der Waals surface area contributed by atoms with E-state index in [0.29, 0.717) is 55.4 Å². The molecule has 0 spiro atoms. The number of piperazine rings is 1. The van der Waals surface area contributed by atoms with E-state index in [2.05, 4.69) is 21.4 Å². The van der Waals surface area contributed by atoms with Crippen molar-refractivity contribution in [2.24, 2.45) is 7.05 Å². The minimum absolute atomic E-state index is 0.160. The molecule has 1 amide bonds. The Kier molecular flexibility index (Phi) is 10.2. The van der Waals surface area contributed by atoms with Crippen LogP contribution in [0, 0.1) is 27.7 Å². The molecule has 4 heterocycles. The van der Waals surface area contributed by atoms with Gasteiger partial charge in [-0.15, -0.1) is 0 Å². The van der Waals surface area contributed by atoms with Crippen LogP contribution >= 0.6 is 23.2 Å². The highest BCUT2D eigenvalue weighted by Crippen LogP contribution is 2.43. The third-order valence-electron chi connectivity index (χ3n) is 10.8. The first-order valence-corrected chi connectivity index (χ1v) is 19.0. The van der Waals surface area contributed by atoms with Gasteiger partial charge >= 0.3 is 5.97 Å². The second-order valence-electron chi connectivity index (χ2n) is 14.4. The van der Waals surface area contributed by atoms with Gasteiger partial charge in [0.25, 0.3) is 5.91 Å². The molecule has 2 aliphatic heterocycles. The Labute approximate surface area is 320 Å². The van der Waals surface area contributed by atoms with Gasteiger partial charge in [-0.25, -0.2) is 4.79 Å². The molecule has 5 aromatic rings. The number of carboxylic acids is 1. The molecule has 1 N–H and O–H groups in total. The van der Waals surface area contributed by atoms with Crippen molar-refractivity contribution in [3.05, 3.63) is 91.8 Å². The largest absolute Gasteiger partial charge is 0.494 e. The lowest BCUT2D eigenvalue weighted by Gasteiger charge is -2.35. The summed E-state index contributed by atoms with van der Waals surface area (Å²) in [5.41, 5.74) is 9.61. The molecule has 1 fully saturated rings. The van der Waals surface area contributed by atoms with Crippen molar-refractivity contribution in [1.82, 2.24) is 19.2 Å². The number of carbonyl (C=O) groups excluding carboxylic acids is 1. The number of ether oxygens (including phenoxy) is 1. The molecule has 278 valence electrons. The lowest BCUT2D eigenvalue weighted by molar-refractivity contribution is 0.0696. The van der Waals surface area contributed by atoms with E-state index >= 15 is 4.79 Å². The molecule has 0 bridgehead atoms. The van der Waals surface area contributed by atoms with Crippen molar-refractivity contribution in [2.45, 2.75) is 53.5 Å². The van der Waals surface area contributed by atoms with E-state index in [0.717, 1.165) is 92.7 Å². The average Bonchev–Trinajstić information content (AvgIpc) is 3.50. The van der Waals surface area contributed by atoms with Crippen LogP contribution in [-0.4, -0.2) is 82.6 Å². The molecule has 3 aromatic carbocycles. The van der Waals surface area contributed by atoms with Crippen molar-refractivity contribution < 1.29 is 19.4 Å². The lowest BCUT2D eigenvalue weighted by Crippen LogP contribution is -2.44. The van der Waals surface area contributed by atoms with E-state index in [1.807, 2.05) is 69.8 Å². The zero-order chi connectivity index (χ0) is 37.7. The van der Waals surface area contributed by atoms with Crippen LogP contribution in [-0.2, 0) is 20.0 Å². The first-order valence-electron chi connectivity index (χ1n) is 18.2. The number of fused-ring (bicyclic) bond motifs is 3. The minimum atomic E-state index is -1.02. The summed E-state index contributed by atoms with van der Waals surface area (Å²) in [5.74, 6) is -0.419. The fourth-order valence-corrected chi connectivity index (χ4v) is 8.36. The number of nitrogens with zero attached hydrogens (tertiary/aromatic N) is 6. The highest BCUT2D eigenvalue weighted by Gasteiger charge is 2.33. The highest BCUT2D eigenvalue weighted by molar-refractivity contribution is 6.35. The van der Waals surface area contributed by atoms with Gasteiger partial charge in [-0.05, 0) is 107 Å². The molecule has 10 nitrogen and oxygen atoms in total. The Hall–Kier alpha value is -4.51. The molecular formula is C41H46Cl2N6O4. The van der Waals surface area contributed by atoms with Crippen LogP contribution in [0.4, 0.5) is 11.4 Å². The maximum absolute atomic E-state index is 15.1. The van der Waals surface area contributed by atoms with Crippen molar-refractivity contribution in [2.75, 3.05) is 56.2 Å². The Morgan fingerprint density at radius 1 is 0.887 bits per heavy atom. The number of amides is 1. The molecule has 0 atom stereocenters. The maximum Gasteiger partial charge on any atom is 0.335 e. The van der Waals surface area contributed by atoms with Gasteiger partial charge in [0.1, 0.15) is 11.4 Å². The molecule has 2 aromatic heterocycles. The molecule has 0 unspecified atom stereocenters. The van der Waals surface area contributed by atoms with E-state index in [1.54, 1.807) is 17.0 Å². The number of rotatable bonds is 9. The van der Waals surface area contributed by atoms with Gasteiger partial charge in [-0.3, -0.25) is 9.48 Å². The van der Waals surface area contributed by atoms with Gasteiger partial charge in [0.05, 0.1) is 28.4 Å². The number of hydrogen-bond donors (Lipinski definition) is 1. The van der Waals surface area contributed by atoms with Crippen molar-refractivity contribution in [3.8, 4) is 16.9 Å². The third kappa shape index (κ3) is 6.88. The summed E-state index contributed by atoms with van der Waals surface area (Å²) in [4.78, 5) is 33.8. The Morgan fingerprint density at radius 2 is 1.58 bits per heavy atom. The number of anilines is 2. The van der Waals surface area contributed by atoms with Crippen molar-refractivity contribution in [3.63, 3.8) is 0 Å². The number of carbonyl (C=O) groups is 2. The smallest absolute Gasteiger partial charge is 0.335 e. The Balaban J connectivity index is 1.33. The predicted octanol–water partition coefficient (Wildman–Crippen LogP) is 8.09. The van der Waals surface area contributed by atoms with Gasteiger partial charge in [-0.2, -0.15) is 5.10 Å². The third-order valence-corrected chi connectivity index (χ3v) is 11.7.